The highest BCUT2D eigenvalue weighted by Gasteiger charge is 2.20. The third kappa shape index (κ3) is 2.34. The van der Waals surface area contributed by atoms with Crippen LogP contribution >= 0.6 is 11.6 Å². The zero-order valence-corrected chi connectivity index (χ0v) is 11.1. The summed E-state index contributed by atoms with van der Waals surface area (Å²) in [6.07, 6.45) is 1.49. The van der Waals surface area contributed by atoms with Crippen LogP contribution in [0, 0.1) is 0 Å². The molecule has 3 aromatic rings. The molecule has 1 unspecified atom stereocenters. The molecule has 0 saturated carbocycles. The molecule has 19 heavy (non-hydrogen) atoms. The number of benzene rings is 1. The van der Waals surface area contributed by atoms with Crippen molar-refractivity contribution in [2.24, 2.45) is 0 Å². The van der Waals surface area contributed by atoms with Gasteiger partial charge in [0.05, 0.1) is 0 Å². The maximum atomic E-state index is 5.98. The zero-order chi connectivity index (χ0) is 13.2. The Hall–Kier alpha value is -1.85. The molecule has 0 radical (unpaired) electrons. The lowest BCUT2D eigenvalue weighted by Crippen LogP contribution is -2.22. The molecule has 2 N–H and O–H groups in total. The lowest BCUT2D eigenvalue weighted by Gasteiger charge is -2.11. The maximum absolute atomic E-state index is 5.98. The van der Waals surface area contributed by atoms with Gasteiger partial charge < -0.3 is 9.73 Å². The fraction of sp³-hybridized carbons (Fsp3) is 0.231. The molecular formula is C13H13ClN4O. The number of hydrogen-bond donors (Lipinski definition) is 2. The smallest absolute Gasteiger partial charge is 0.149 e. The Kier molecular flexibility index (Phi) is 3.23. The molecule has 1 aromatic carbocycles. The Morgan fingerprint density at radius 2 is 2.32 bits per heavy atom. The Morgan fingerprint density at radius 1 is 1.42 bits per heavy atom. The van der Waals surface area contributed by atoms with Crippen molar-refractivity contribution >= 4 is 22.6 Å². The molecule has 6 heteroatoms. The Bertz CT molecular complexity index is 677. The number of furan rings is 1. The van der Waals surface area contributed by atoms with Crippen LogP contribution in [0.3, 0.4) is 0 Å². The highest BCUT2D eigenvalue weighted by atomic mass is 35.5. The third-order valence-electron chi connectivity index (χ3n) is 2.90. The average molecular weight is 277 g/mol. The molecule has 0 fully saturated rings. The molecule has 0 bridgehead atoms. The molecule has 1 atom stereocenters. The average Bonchev–Trinajstić information content (AvgIpc) is 3.04. The molecule has 2 heterocycles. The minimum absolute atomic E-state index is 0.140. The summed E-state index contributed by atoms with van der Waals surface area (Å²) in [5, 5.41) is 11.7. The van der Waals surface area contributed by atoms with Gasteiger partial charge in [0.1, 0.15) is 29.5 Å². The topological polar surface area (TPSA) is 66.7 Å². The summed E-state index contributed by atoms with van der Waals surface area (Å²) in [6, 6.07) is 7.39. The Balaban J connectivity index is 2.05. The summed E-state index contributed by atoms with van der Waals surface area (Å²) in [4.78, 5) is 4.18. The van der Waals surface area contributed by atoms with Crippen molar-refractivity contribution in [2.75, 3.05) is 6.54 Å². The van der Waals surface area contributed by atoms with E-state index in [4.69, 9.17) is 16.0 Å². The number of hydrogen-bond acceptors (Lipinski definition) is 4. The summed E-state index contributed by atoms with van der Waals surface area (Å²) in [6.45, 7) is 2.83. The molecule has 0 aliphatic heterocycles. The Morgan fingerprint density at radius 3 is 3.05 bits per heavy atom. The molecule has 0 aliphatic rings. The predicted molar refractivity (Wildman–Crippen MR) is 73.1 cm³/mol. The summed E-state index contributed by atoms with van der Waals surface area (Å²) >= 11 is 5.98. The molecule has 0 amide bonds. The van der Waals surface area contributed by atoms with E-state index in [1.807, 2.05) is 31.2 Å². The van der Waals surface area contributed by atoms with Crippen molar-refractivity contribution in [3.05, 3.63) is 47.2 Å². The van der Waals surface area contributed by atoms with Gasteiger partial charge in [-0.1, -0.05) is 18.5 Å². The highest BCUT2D eigenvalue weighted by molar-refractivity contribution is 6.31. The van der Waals surface area contributed by atoms with Crippen LogP contribution in [0.25, 0.3) is 11.0 Å². The van der Waals surface area contributed by atoms with Gasteiger partial charge in [-0.25, -0.2) is 4.98 Å². The Labute approximate surface area is 115 Å². The van der Waals surface area contributed by atoms with E-state index in [0.717, 1.165) is 29.1 Å². The van der Waals surface area contributed by atoms with Gasteiger partial charge >= 0.3 is 0 Å². The van der Waals surface area contributed by atoms with Crippen molar-refractivity contribution in [2.45, 2.75) is 13.0 Å². The van der Waals surface area contributed by atoms with E-state index in [9.17, 15) is 0 Å². The predicted octanol–water partition coefficient (Wildman–Crippen LogP) is 2.90. The molecule has 0 aliphatic carbocycles. The first kappa shape index (κ1) is 12.2. The molecule has 5 nitrogen and oxygen atoms in total. The number of H-pyrrole nitrogens is 1. The standard InChI is InChI=1S/C13H13ClN4O/c1-2-15-12(13-16-7-17-18-13)11-6-8-5-9(14)3-4-10(8)19-11/h3-7,12,15H,2H2,1H3,(H,16,17,18). The van der Waals surface area contributed by atoms with E-state index < -0.39 is 0 Å². The minimum Gasteiger partial charge on any atom is -0.459 e. The van der Waals surface area contributed by atoms with Crippen molar-refractivity contribution in [1.29, 1.82) is 0 Å². The van der Waals surface area contributed by atoms with E-state index in [0.29, 0.717) is 5.02 Å². The summed E-state index contributed by atoms with van der Waals surface area (Å²) in [5.41, 5.74) is 0.807. The second-order valence-corrected chi connectivity index (χ2v) is 4.63. The van der Waals surface area contributed by atoms with Crippen molar-refractivity contribution in [3.63, 3.8) is 0 Å². The van der Waals surface area contributed by atoms with Gasteiger partial charge in [-0.2, -0.15) is 5.10 Å². The van der Waals surface area contributed by atoms with Gasteiger partial charge in [0.25, 0.3) is 0 Å². The van der Waals surface area contributed by atoms with E-state index >= 15 is 0 Å². The fourth-order valence-electron chi connectivity index (χ4n) is 2.07. The van der Waals surface area contributed by atoms with Crippen LogP contribution < -0.4 is 5.32 Å². The van der Waals surface area contributed by atoms with Gasteiger partial charge in [0.2, 0.25) is 0 Å². The SMILES string of the molecule is CCNC(c1ncn[nH]1)c1cc2cc(Cl)ccc2o1. The minimum atomic E-state index is -0.140. The first-order chi connectivity index (χ1) is 9.28. The van der Waals surface area contributed by atoms with Crippen LogP contribution in [0.4, 0.5) is 0 Å². The lowest BCUT2D eigenvalue weighted by molar-refractivity contribution is 0.465. The van der Waals surface area contributed by atoms with Gasteiger partial charge in [0, 0.05) is 10.4 Å². The zero-order valence-electron chi connectivity index (χ0n) is 10.4. The number of aromatic nitrogens is 3. The molecular weight excluding hydrogens is 264 g/mol. The quantitative estimate of drug-likeness (QED) is 0.769. The number of aromatic amines is 1. The van der Waals surface area contributed by atoms with E-state index in [1.54, 1.807) is 0 Å². The van der Waals surface area contributed by atoms with E-state index in [2.05, 4.69) is 20.5 Å². The second kappa shape index (κ2) is 5.03. The summed E-state index contributed by atoms with van der Waals surface area (Å²) < 4.78 is 5.85. The van der Waals surface area contributed by atoms with E-state index in [-0.39, 0.29) is 6.04 Å². The number of nitrogens with one attached hydrogen (secondary N) is 2. The highest BCUT2D eigenvalue weighted by Crippen LogP contribution is 2.28. The third-order valence-corrected chi connectivity index (χ3v) is 3.13. The van der Waals surface area contributed by atoms with Crippen LogP contribution in [0.2, 0.25) is 5.02 Å². The number of fused-ring (bicyclic) bond motifs is 1. The molecule has 98 valence electrons. The van der Waals surface area contributed by atoms with Crippen molar-refractivity contribution in [3.8, 4) is 0 Å². The lowest BCUT2D eigenvalue weighted by atomic mass is 10.2. The van der Waals surface area contributed by atoms with Crippen LogP contribution in [0.5, 0.6) is 0 Å². The maximum Gasteiger partial charge on any atom is 0.149 e. The monoisotopic (exact) mass is 276 g/mol. The molecule has 0 spiro atoms. The summed E-state index contributed by atoms with van der Waals surface area (Å²) in [5.74, 6) is 1.52. The van der Waals surface area contributed by atoms with Crippen LogP contribution in [-0.2, 0) is 0 Å². The number of rotatable bonds is 4. The first-order valence-corrected chi connectivity index (χ1v) is 6.43. The van der Waals surface area contributed by atoms with Gasteiger partial charge in [-0.3, -0.25) is 5.10 Å². The molecule has 2 aromatic heterocycles. The van der Waals surface area contributed by atoms with Crippen LogP contribution in [0.15, 0.2) is 35.0 Å². The van der Waals surface area contributed by atoms with Gasteiger partial charge in [-0.15, -0.1) is 0 Å². The van der Waals surface area contributed by atoms with Crippen LogP contribution in [-0.4, -0.2) is 21.7 Å². The van der Waals surface area contributed by atoms with E-state index in [1.165, 1.54) is 6.33 Å². The summed E-state index contributed by atoms with van der Waals surface area (Å²) in [7, 11) is 0. The fourth-order valence-corrected chi connectivity index (χ4v) is 2.25. The normalized spacial score (nSPS) is 12.9. The second-order valence-electron chi connectivity index (χ2n) is 4.19. The molecule has 3 rings (SSSR count). The first-order valence-electron chi connectivity index (χ1n) is 6.05. The van der Waals surface area contributed by atoms with Crippen molar-refractivity contribution < 1.29 is 4.42 Å². The van der Waals surface area contributed by atoms with Crippen LogP contribution in [0.1, 0.15) is 24.6 Å². The largest absolute Gasteiger partial charge is 0.459 e. The van der Waals surface area contributed by atoms with Gasteiger partial charge in [0.15, 0.2) is 0 Å². The van der Waals surface area contributed by atoms with Gasteiger partial charge in [-0.05, 0) is 30.8 Å². The number of nitrogens with zero attached hydrogens (tertiary/aromatic N) is 2. The molecule has 0 saturated heterocycles. The van der Waals surface area contributed by atoms with Crippen molar-refractivity contribution in [1.82, 2.24) is 20.5 Å². The number of halogens is 1.